The molecule has 1 aromatic carbocycles. The highest BCUT2D eigenvalue weighted by Gasteiger charge is 2.10. The highest BCUT2D eigenvalue weighted by atomic mass is 16.5. The molecule has 0 amide bonds. The molecule has 3 heterocycles. The van der Waals surface area contributed by atoms with Crippen LogP contribution in [-0.2, 0) is 6.61 Å². The third-order valence-corrected chi connectivity index (χ3v) is 3.50. The van der Waals surface area contributed by atoms with E-state index in [4.69, 9.17) is 16.3 Å². The van der Waals surface area contributed by atoms with Gasteiger partial charge in [-0.05, 0) is 17.7 Å². The molecule has 0 fully saturated rings. The van der Waals surface area contributed by atoms with E-state index in [1.807, 2.05) is 30.3 Å². The fourth-order valence-corrected chi connectivity index (χ4v) is 2.41. The molecular formula is C15H14N8O. The number of nitrogens with one attached hydrogen (secondary N) is 1. The van der Waals surface area contributed by atoms with Crippen LogP contribution in [0.4, 0.5) is 5.82 Å². The molecule has 120 valence electrons. The summed E-state index contributed by atoms with van der Waals surface area (Å²) in [7, 11) is 0. The standard InChI is InChI=1S/C15H14N8O/c16-13-7-12(14-15(18-13)20-22-19-14)24-8-9-2-1-3-10(6-9)11-4-5-23(17)21-11/h1-7H,8,17H2,(H3,16,18,19,20,22). The Kier molecular flexibility index (Phi) is 3.23. The summed E-state index contributed by atoms with van der Waals surface area (Å²) < 4.78 is 5.85. The second kappa shape index (κ2) is 5.54. The number of nitrogen functional groups attached to an aromatic ring is 2. The van der Waals surface area contributed by atoms with E-state index in [0.717, 1.165) is 16.8 Å². The predicted octanol–water partition coefficient (Wildman–Crippen LogP) is 1.09. The normalized spacial score (nSPS) is 11.0. The first-order chi connectivity index (χ1) is 11.7. The van der Waals surface area contributed by atoms with Crippen LogP contribution in [0.3, 0.4) is 0 Å². The van der Waals surface area contributed by atoms with Crippen molar-refractivity contribution < 1.29 is 4.74 Å². The Labute approximate surface area is 136 Å². The Morgan fingerprint density at radius 2 is 2.08 bits per heavy atom. The van der Waals surface area contributed by atoms with Crippen molar-refractivity contribution in [3.8, 4) is 17.0 Å². The number of rotatable bonds is 4. The van der Waals surface area contributed by atoms with Gasteiger partial charge in [-0.1, -0.05) is 18.2 Å². The van der Waals surface area contributed by atoms with Gasteiger partial charge in [0.15, 0.2) is 11.3 Å². The summed E-state index contributed by atoms with van der Waals surface area (Å²) in [6.45, 7) is 0.350. The number of nitrogens with two attached hydrogens (primary N) is 2. The summed E-state index contributed by atoms with van der Waals surface area (Å²) in [4.78, 5) is 5.36. The van der Waals surface area contributed by atoms with Gasteiger partial charge in [0.05, 0.1) is 5.69 Å². The molecule has 0 saturated heterocycles. The first-order valence-electron chi connectivity index (χ1n) is 7.19. The summed E-state index contributed by atoms with van der Waals surface area (Å²) >= 11 is 0. The molecule has 4 rings (SSSR count). The topological polar surface area (TPSA) is 134 Å². The van der Waals surface area contributed by atoms with Crippen molar-refractivity contribution in [1.82, 2.24) is 30.3 Å². The van der Waals surface area contributed by atoms with Crippen LogP contribution in [0.25, 0.3) is 22.4 Å². The number of hydrogen-bond acceptors (Lipinski definition) is 7. The average Bonchev–Trinajstić information content (AvgIpc) is 3.21. The minimum absolute atomic E-state index is 0.327. The van der Waals surface area contributed by atoms with E-state index >= 15 is 0 Å². The van der Waals surface area contributed by atoms with Crippen LogP contribution in [0, 0.1) is 0 Å². The van der Waals surface area contributed by atoms with E-state index in [9.17, 15) is 0 Å². The van der Waals surface area contributed by atoms with Crippen molar-refractivity contribution in [2.45, 2.75) is 6.61 Å². The van der Waals surface area contributed by atoms with Crippen molar-refractivity contribution in [2.75, 3.05) is 11.6 Å². The zero-order valence-corrected chi connectivity index (χ0v) is 12.5. The summed E-state index contributed by atoms with van der Waals surface area (Å²) in [5.41, 5.74) is 9.46. The Balaban J connectivity index is 1.58. The summed E-state index contributed by atoms with van der Waals surface area (Å²) in [6.07, 6.45) is 1.69. The van der Waals surface area contributed by atoms with Gasteiger partial charge in [-0.25, -0.2) is 4.98 Å². The second-order valence-electron chi connectivity index (χ2n) is 5.21. The average molecular weight is 322 g/mol. The SMILES string of the molecule is Nc1cc(OCc2cccc(-c3ccn(N)n3)c2)c2n[nH]nc2n1. The molecule has 9 nitrogen and oxygen atoms in total. The summed E-state index contributed by atoms with van der Waals surface area (Å²) in [6, 6.07) is 11.3. The zero-order chi connectivity index (χ0) is 16.5. The smallest absolute Gasteiger partial charge is 0.207 e. The lowest BCUT2D eigenvalue weighted by atomic mass is 10.1. The maximum atomic E-state index is 5.85. The van der Waals surface area contributed by atoms with E-state index in [-0.39, 0.29) is 0 Å². The molecule has 0 aliphatic carbocycles. The van der Waals surface area contributed by atoms with Crippen LogP contribution in [-0.4, -0.2) is 30.3 Å². The molecule has 3 aromatic heterocycles. The number of pyridine rings is 1. The van der Waals surface area contributed by atoms with Crippen LogP contribution in [0.1, 0.15) is 5.56 Å². The van der Waals surface area contributed by atoms with E-state index in [0.29, 0.717) is 29.3 Å². The Hall–Kier alpha value is -3.62. The molecule has 0 spiro atoms. The Bertz CT molecular complexity index is 1010. The molecule has 0 aliphatic heterocycles. The third kappa shape index (κ3) is 2.58. The minimum Gasteiger partial charge on any atom is -0.486 e. The molecule has 0 atom stereocenters. The van der Waals surface area contributed by atoms with Gasteiger partial charge in [-0.3, -0.25) is 0 Å². The maximum Gasteiger partial charge on any atom is 0.207 e. The molecule has 0 radical (unpaired) electrons. The monoisotopic (exact) mass is 322 g/mol. The van der Waals surface area contributed by atoms with Gasteiger partial charge in [-0.2, -0.15) is 20.2 Å². The van der Waals surface area contributed by atoms with Gasteiger partial charge in [0.1, 0.15) is 12.4 Å². The third-order valence-electron chi connectivity index (χ3n) is 3.50. The molecular weight excluding hydrogens is 308 g/mol. The van der Waals surface area contributed by atoms with E-state index in [2.05, 4.69) is 25.5 Å². The van der Waals surface area contributed by atoms with Crippen molar-refractivity contribution in [1.29, 1.82) is 0 Å². The molecule has 0 bridgehead atoms. The van der Waals surface area contributed by atoms with Crippen LogP contribution >= 0.6 is 0 Å². The van der Waals surface area contributed by atoms with Gasteiger partial charge in [-0.15, -0.1) is 5.10 Å². The first-order valence-corrected chi connectivity index (χ1v) is 7.19. The molecule has 24 heavy (non-hydrogen) atoms. The van der Waals surface area contributed by atoms with Crippen molar-refractivity contribution in [2.24, 2.45) is 0 Å². The summed E-state index contributed by atoms with van der Waals surface area (Å²) in [5, 5.41) is 14.7. The lowest BCUT2D eigenvalue weighted by molar-refractivity contribution is 0.309. The zero-order valence-electron chi connectivity index (χ0n) is 12.5. The lowest BCUT2D eigenvalue weighted by Gasteiger charge is -2.08. The van der Waals surface area contributed by atoms with E-state index < -0.39 is 0 Å². The number of ether oxygens (including phenoxy) is 1. The number of benzene rings is 1. The Morgan fingerprint density at radius 3 is 2.92 bits per heavy atom. The lowest BCUT2D eigenvalue weighted by Crippen LogP contribution is -2.07. The van der Waals surface area contributed by atoms with Crippen molar-refractivity contribution >= 4 is 17.0 Å². The van der Waals surface area contributed by atoms with Gasteiger partial charge in [0, 0.05) is 17.8 Å². The number of aromatic nitrogens is 6. The largest absolute Gasteiger partial charge is 0.486 e. The molecule has 5 N–H and O–H groups in total. The minimum atomic E-state index is 0.327. The van der Waals surface area contributed by atoms with E-state index in [1.165, 1.54) is 4.79 Å². The van der Waals surface area contributed by atoms with Gasteiger partial charge < -0.3 is 16.3 Å². The first kappa shape index (κ1) is 14.0. The quantitative estimate of drug-likeness (QED) is 0.479. The number of nitrogens with zero attached hydrogens (tertiary/aromatic N) is 5. The van der Waals surface area contributed by atoms with E-state index in [1.54, 1.807) is 12.3 Å². The predicted molar refractivity (Wildman–Crippen MR) is 88.2 cm³/mol. The van der Waals surface area contributed by atoms with Gasteiger partial charge in [0.25, 0.3) is 0 Å². The van der Waals surface area contributed by atoms with Crippen LogP contribution in [0.5, 0.6) is 5.75 Å². The van der Waals surface area contributed by atoms with Gasteiger partial charge in [0.2, 0.25) is 5.65 Å². The highest BCUT2D eigenvalue weighted by Crippen LogP contribution is 2.25. The fraction of sp³-hybridized carbons (Fsp3) is 0.0667. The molecule has 0 aliphatic rings. The van der Waals surface area contributed by atoms with Crippen LogP contribution < -0.4 is 16.3 Å². The maximum absolute atomic E-state index is 5.85. The highest BCUT2D eigenvalue weighted by molar-refractivity contribution is 5.78. The van der Waals surface area contributed by atoms with Crippen LogP contribution in [0.15, 0.2) is 42.6 Å². The van der Waals surface area contributed by atoms with Crippen molar-refractivity contribution in [3.63, 3.8) is 0 Å². The molecule has 4 aromatic rings. The van der Waals surface area contributed by atoms with Crippen molar-refractivity contribution in [3.05, 3.63) is 48.2 Å². The molecule has 0 saturated carbocycles. The molecule has 0 unspecified atom stereocenters. The van der Waals surface area contributed by atoms with Crippen LogP contribution in [0.2, 0.25) is 0 Å². The Morgan fingerprint density at radius 1 is 1.17 bits per heavy atom. The number of anilines is 1. The number of hydrogen-bond donors (Lipinski definition) is 3. The molecule has 9 heteroatoms. The summed E-state index contributed by atoms with van der Waals surface area (Å²) in [5.74, 6) is 6.45. The number of aromatic amines is 1. The fourth-order valence-electron chi connectivity index (χ4n) is 2.41. The number of H-pyrrole nitrogens is 1. The number of fused-ring (bicyclic) bond motifs is 1. The second-order valence-corrected chi connectivity index (χ2v) is 5.21. The van der Waals surface area contributed by atoms with Gasteiger partial charge >= 0.3 is 0 Å².